The fourth-order valence-corrected chi connectivity index (χ4v) is 4.23. The van der Waals surface area contributed by atoms with Gasteiger partial charge in [0.05, 0.1) is 0 Å². The number of hydrogen-bond donors (Lipinski definition) is 2. The molecule has 0 bridgehead atoms. The molecule has 2 aromatic rings. The van der Waals surface area contributed by atoms with Crippen molar-refractivity contribution in [2.75, 3.05) is 5.32 Å². The summed E-state index contributed by atoms with van der Waals surface area (Å²) in [6.45, 7) is 9.30. The topological polar surface area (TPSA) is 104 Å². The van der Waals surface area contributed by atoms with Gasteiger partial charge in [-0.3, -0.25) is 14.9 Å². The first kappa shape index (κ1) is 22.7. The van der Waals surface area contributed by atoms with Gasteiger partial charge in [-0.15, -0.1) is 5.10 Å². The predicted molar refractivity (Wildman–Crippen MR) is 119 cm³/mol. The number of hydrogen-bond acceptors (Lipinski definition) is 5. The number of carbonyl (C=O) groups excluding carboxylic acids is 2. The van der Waals surface area contributed by atoms with Crippen LogP contribution in [0, 0.1) is 11.3 Å². The summed E-state index contributed by atoms with van der Waals surface area (Å²) < 4.78 is 0. The van der Waals surface area contributed by atoms with Crippen LogP contribution in [0.15, 0.2) is 36.4 Å². The van der Waals surface area contributed by atoms with E-state index in [4.69, 9.17) is 0 Å². The standard InChI is InChI=1S/C23H32N6O2/c1-5-6-20(30)29(19-13-11-18(12-14-19)23(2,3)4)15-16-7-9-17(10-8-16)21(31)24-22-25-27-28-26-22/h5-10,18-19H,11-15H2,1-4H3,(H2,24,25,26,27,28,31)/b6-5+. The number of nitrogens with one attached hydrogen (secondary N) is 2. The average Bonchev–Trinajstić information content (AvgIpc) is 3.25. The number of tetrazole rings is 1. The zero-order valence-corrected chi connectivity index (χ0v) is 18.8. The van der Waals surface area contributed by atoms with E-state index in [9.17, 15) is 9.59 Å². The molecule has 1 saturated carbocycles. The largest absolute Gasteiger partial charge is 0.332 e. The highest BCUT2D eigenvalue weighted by molar-refractivity contribution is 6.03. The maximum atomic E-state index is 12.8. The third kappa shape index (κ3) is 5.99. The molecule has 1 aromatic carbocycles. The van der Waals surface area contributed by atoms with Gasteiger partial charge in [-0.05, 0) is 72.9 Å². The van der Waals surface area contributed by atoms with E-state index in [1.54, 1.807) is 24.3 Å². The van der Waals surface area contributed by atoms with E-state index < -0.39 is 0 Å². The van der Waals surface area contributed by atoms with Crippen LogP contribution in [0.5, 0.6) is 0 Å². The van der Waals surface area contributed by atoms with Crippen molar-refractivity contribution < 1.29 is 9.59 Å². The van der Waals surface area contributed by atoms with Gasteiger partial charge < -0.3 is 4.90 Å². The van der Waals surface area contributed by atoms with E-state index in [1.165, 1.54) is 0 Å². The summed E-state index contributed by atoms with van der Waals surface area (Å²) in [5.41, 5.74) is 1.79. The zero-order valence-electron chi connectivity index (χ0n) is 18.8. The molecule has 0 radical (unpaired) electrons. The lowest BCUT2D eigenvalue weighted by Gasteiger charge is -2.41. The lowest BCUT2D eigenvalue weighted by molar-refractivity contribution is -0.130. The van der Waals surface area contributed by atoms with Crippen molar-refractivity contribution in [2.24, 2.45) is 11.3 Å². The quantitative estimate of drug-likeness (QED) is 0.683. The van der Waals surface area contributed by atoms with E-state index in [1.807, 2.05) is 24.0 Å². The number of anilines is 1. The molecule has 31 heavy (non-hydrogen) atoms. The second-order valence-electron chi connectivity index (χ2n) is 9.22. The lowest BCUT2D eigenvalue weighted by atomic mass is 9.71. The smallest absolute Gasteiger partial charge is 0.270 e. The number of allylic oxidation sites excluding steroid dienone is 1. The van der Waals surface area contributed by atoms with E-state index in [0.717, 1.165) is 31.2 Å². The number of carbonyl (C=O) groups is 2. The first-order valence-electron chi connectivity index (χ1n) is 10.8. The van der Waals surface area contributed by atoms with Crippen molar-refractivity contribution >= 4 is 17.8 Å². The highest BCUT2D eigenvalue weighted by Gasteiger charge is 2.33. The highest BCUT2D eigenvalue weighted by Crippen LogP contribution is 2.39. The molecule has 0 saturated heterocycles. The van der Waals surface area contributed by atoms with Crippen LogP contribution in [-0.4, -0.2) is 43.4 Å². The molecule has 1 fully saturated rings. The van der Waals surface area contributed by atoms with E-state index in [-0.39, 0.29) is 23.8 Å². The van der Waals surface area contributed by atoms with E-state index in [0.29, 0.717) is 23.4 Å². The Morgan fingerprint density at radius 2 is 1.84 bits per heavy atom. The van der Waals surface area contributed by atoms with Crippen molar-refractivity contribution in [1.29, 1.82) is 0 Å². The van der Waals surface area contributed by atoms with Crippen molar-refractivity contribution in [1.82, 2.24) is 25.5 Å². The predicted octanol–water partition coefficient (Wildman–Crippen LogP) is 3.96. The Labute approximate surface area is 183 Å². The highest BCUT2D eigenvalue weighted by atomic mass is 16.2. The number of benzene rings is 1. The molecule has 1 aromatic heterocycles. The minimum absolute atomic E-state index is 0.0423. The van der Waals surface area contributed by atoms with Gasteiger partial charge in [0, 0.05) is 18.2 Å². The van der Waals surface area contributed by atoms with Gasteiger partial charge in [-0.25, -0.2) is 0 Å². The molecule has 1 aliphatic carbocycles. The van der Waals surface area contributed by atoms with Crippen molar-refractivity contribution in [2.45, 2.75) is 66.0 Å². The van der Waals surface area contributed by atoms with Crippen LogP contribution in [-0.2, 0) is 11.3 Å². The van der Waals surface area contributed by atoms with E-state index in [2.05, 4.69) is 46.7 Å². The number of aromatic nitrogens is 4. The van der Waals surface area contributed by atoms with Crippen LogP contribution in [0.1, 0.15) is 69.3 Å². The van der Waals surface area contributed by atoms with Gasteiger partial charge in [0.25, 0.3) is 11.9 Å². The number of aromatic amines is 1. The van der Waals surface area contributed by atoms with Crippen LogP contribution in [0.2, 0.25) is 0 Å². The van der Waals surface area contributed by atoms with Gasteiger partial charge in [0.2, 0.25) is 5.91 Å². The third-order valence-corrected chi connectivity index (χ3v) is 6.09. The van der Waals surface area contributed by atoms with Gasteiger partial charge in [0.15, 0.2) is 0 Å². The molecule has 3 rings (SSSR count). The average molecular weight is 425 g/mol. The number of rotatable bonds is 6. The molecule has 2 N–H and O–H groups in total. The molecule has 1 aliphatic rings. The summed E-state index contributed by atoms with van der Waals surface area (Å²) in [6, 6.07) is 7.52. The molecule has 0 atom stereocenters. The Morgan fingerprint density at radius 3 is 2.39 bits per heavy atom. The number of amides is 2. The van der Waals surface area contributed by atoms with Crippen LogP contribution < -0.4 is 5.32 Å². The van der Waals surface area contributed by atoms with Gasteiger partial charge in [-0.2, -0.15) is 5.21 Å². The molecule has 2 amide bonds. The Morgan fingerprint density at radius 1 is 1.16 bits per heavy atom. The van der Waals surface area contributed by atoms with Crippen molar-refractivity contribution in [3.05, 3.63) is 47.5 Å². The summed E-state index contributed by atoms with van der Waals surface area (Å²) in [4.78, 5) is 27.1. The fourth-order valence-electron chi connectivity index (χ4n) is 4.23. The summed E-state index contributed by atoms with van der Waals surface area (Å²) >= 11 is 0. The Balaban J connectivity index is 1.67. The zero-order chi connectivity index (χ0) is 22.4. The first-order valence-corrected chi connectivity index (χ1v) is 10.8. The summed E-state index contributed by atoms with van der Waals surface area (Å²) in [6.07, 6.45) is 7.77. The second-order valence-corrected chi connectivity index (χ2v) is 9.22. The first-order chi connectivity index (χ1) is 14.8. The Hall–Kier alpha value is -3.03. The molecule has 0 aliphatic heterocycles. The molecule has 166 valence electrons. The normalized spacial score (nSPS) is 19.4. The molecule has 0 spiro atoms. The SMILES string of the molecule is C/C=C/C(=O)N(Cc1ccc(C(=O)Nc2nn[nH]n2)cc1)C1CCC(C(C)(C)C)CC1. The summed E-state index contributed by atoms with van der Waals surface area (Å²) in [5.74, 6) is 0.554. The van der Waals surface area contributed by atoms with E-state index >= 15 is 0 Å². The van der Waals surface area contributed by atoms with Crippen molar-refractivity contribution in [3.8, 4) is 0 Å². The molecular weight excluding hydrogens is 392 g/mol. The fraction of sp³-hybridized carbons (Fsp3) is 0.522. The van der Waals surface area contributed by atoms with Gasteiger partial charge in [-0.1, -0.05) is 44.1 Å². The van der Waals surface area contributed by atoms with Crippen LogP contribution in [0.4, 0.5) is 5.95 Å². The molecular formula is C23H32N6O2. The summed E-state index contributed by atoms with van der Waals surface area (Å²) in [5, 5.41) is 15.7. The third-order valence-electron chi connectivity index (χ3n) is 6.09. The lowest BCUT2D eigenvalue weighted by Crippen LogP contribution is -2.42. The maximum absolute atomic E-state index is 12.8. The molecule has 8 nitrogen and oxygen atoms in total. The maximum Gasteiger partial charge on any atom is 0.270 e. The Kier molecular flexibility index (Phi) is 7.20. The van der Waals surface area contributed by atoms with Crippen LogP contribution in [0.25, 0.3) is 0 Å². The van der Waals surface area contributed by atoms with Gasteiger partial charge >= 0.3 is 0 Å². The number of H-pyrrole nitrogens is 1. The minimum Gasteiger partial charge on any atom is -0.332 e. The van der Waals surface area contributed by atoms with Crippen LogP contribution in [0.3, 0.4) is 0 Å². The molecule has 0 unspecified atom stereocenters. The molecule has 1 heterocycles. The number of nitrogens with zero attached hydrogens (tertiary/aromatic N) is 4. The Bertz CT molecular complexity index is 891. The van der Waals surface area contributed by atoms with Crippen molar-refractivity contribution in [3.63, 3.8) is 0 Å². The van der Waals surface area contributed by atoms with Crippen LogP contribution >= 0.6 is 0 Å². The van der Waals surface area contributed by atoms with Gasteiger partial charge in [0.1, 0.15) is 0 Å². The minimum atomic E-state index is -0.310. The summed E-state index contributed by atoms with van der Waals surface area (Å²) in [7, 11) is 0. The monoisotopic (exact) mass is 424 g/mol. The second kappa shape index (κ2) is 9.85. The molecule has 8 heteroatoms.